The average molecular weight is 383 g/mol. The molecule has 1 amide bonds. The zero-order valence-electron chi connectivity index (χ0n) is 15.4. The van der Waals surface area contributed by atoms with Crippen LogP contribution >= 0.6 is 0 Å². The maximum atomic E-state index is 13.2. The largest absolute Gasteiger partial charge is 0.454 e. The van der Waals surface area contributed by atoms with Crippen LogP contribution in [0, 0.1) is 5.82 Å². The van der Waals surface area contributed by atoms with Gasteiger partial charge in [0.25, 0.3) is 0 Å². The van der Waals surface area contributed by atoms with Crippen molar-refractivity contribution in [1.82, 2.24) is 5.32 Å². The molecule has 1 N–H and O–H groups in total. The van der Waals surface area contributed by atoms with Crippen molar-refractivity contribution < 1.29 is 23.4 Å². The van der Waals surface area contributed by atoms with Gasteiger partial charge < -0.3 is 19.5 Å². The topological polar surface area (TPSA) is 56.8 Å². The van der Waals surface area contributed by atoms with Crippen LogP contribution in [0.3, 0.4) is 0 Å². The maximum Gasteiger partial charge on any atom is 0.244 e. The van der Waals surface area contributed by atoms with Crippen LogP contribution < -0.4 is 14.8 Å². The Balaban J connectivity index is 1.47. The third kappa shape index (κ3) is 4.02. The molecule has 2 aliphatic rings. The molecule has 0 aliphatic carbocycles. The molecule has 1 fully saturated rings. The summed E-state index contributed by atoms with van der Waals surface area (Å²) >= 11 is 0. The fraction of sp³-hybridized carbons (Fsp3) is 0.318. The van der Waals surface area contributed by atoms with E-state index < -0.39 is 0 Å². The number of carbonyl (C=O) groups is 1. The van der Waals surface area contributed by atoms with Gasteiger partial charge >= 0.3 is 0 Å². The van der Waals surface area contributed by atoms with Crippen molar-refractivity contribution in [2.45, 2.75) is 18.3 Å². The lowest BCUT2D eigenvalue weighted by Crippen LogP contribution is -2.44. The van der Waals surface area contributed by atoms with E-state index in [9.17, 15) is 9.18 Å². The van der Waals surface area contributed by atoms with E-state index in [2.05, 4.69) is 5.32 Å². The highest BCUT2D eigenvalue weighted by Gasteiger charge is 2.35. The molecular formula is C22H22FNO4. The summed E-state index contributed by atoms with van der Waals surface area (Å²) in [7, 11) is 0. The second-order valence-corrected chi connectivity index (χ2v) is 7.07. The van der Waals surface area contributed by atoms with Crippen LogP contribution in [0.2, 0.25) is 0 Å². The molecule has 28 heavy (non-hydrogen) atoms. The van der Waals surface area contributed by atoms with Crippen LogP contribution in [-0.2, 0) is 14.9 Å². The molecule has 2 aromatic carbocycles. The molecule has 5 nitrogen and oxygen atoms in total. The SMILES string of the molecule is O=C(C=Cc1cccc(F)c1)NCC1(c2ccc3c(c2)OCO3)CCOCC1. The van der Waals surface area contributed by atoms with Gasteiger partial charge in [-0.15, -0.1) is 0 Å². The average Bonchev–Trinajstić information content (AvgIpc) is 3.19. The summed E-state index contributed by atoms with van der Waals surface area (Å²) in [4.78, 5) is 12.3. The number of halogens is 1. The van der Waals surface area contributed by atoms with E-state index >= 15 is 0 Å². The van der Waals surface area contributed by atoms with Crippen LogP contribution in [0.15, 0.2) is 48.5 Å². The second kappa shape index (κ2) is 8.02. The van der Waals surface area contributed by atoms with Crippen LogP contribution in [-0.4, -0.2) is 32.5 Å². The molecule has 1 saturated heterocycles. The van der Waals surface area contributed by atoms with E-state index in [0.717, 1.165) is 29.9 Å². The Hall–Kier alpha value is -2.86. The minimum atomic E-state index is -0.327. The standard InChI is InChI=1S/C22H22FNO4/c23-18-3-1-2-16(12-18)4-7-21(25)24-14-22(8-10-26-11-9-22)17-5-6-19-20(13-17)28-15-27-19/h1-7,12-13H,8-11,14-15H2,(H,24,25). The van der Waals surface area contributed by atoms with Gasteiger partial charge in [-0.05, 0) is 54.3 Å². The Morgan fingerprint density at radius 1 is 1.11 bits per heavy atom. The second-order valence-electron chi connectivity index (χ2n) is 7.07. The summed E-state index contributed by atoms with van der Waals surface area (Å²) in [6.45, 7) is 2.01. The summed E-state index contributed by atoms with van der Waals surface area (Å²) < 4.78 is 29.7. The number of rotatable bonds is 5. The Labute approximate surface area is 163 Å². The molecule has 0 bridgehead atoms. The molecule has 0 aromatic heterocycles. The van der Waals surface area contributed by atoms with Gasteiger partial charge in [0.05, 0.1) is 0 Å². The highest BCUT2D eigenvalue weighted by Crippen LogP contribution is 2.40. The monoisotopic (exact) mass is 383 g/mol. The quantitative estimate of drug-likeness (QED) is 0.804. The van der Waals surface area contributed by atoms with Gasteiger partial charge in [-0.2, -0.15) is 0 Å². The minimum Gasteiger partial charge on any atom is -0.454 e. The zero-order chi connectivity index (χ0) is 19.4. The Morgan fingerprint density at radius 2 is 1.93 bits per heavy atom. The predicted octanol–water partition coefficient (Wildman–Crippen LogP) is 3.43. The third-order valence-corrected chi connectivity index (χ3v) is 5.31. The summed E-state index contributed by atoms with van der Waals surface area (Å²) in [5.41, 5.74) is 1.53. The van der Waals surface area contributed by atoms with Crippen molar-refractivity contribution in [2.75, 3.05) is 26.6 Å². The predicted molar refractivity (Wildman–Crippen MR) is 103 cm³/mol. The third-order valence-electron chi connectivity index (χ3n) is 5.31. The molecule has 2 aromatic rings. The Kier molecular flexibility index (Phi) is 5.30. The first-order valence-corrected chi connectivity index (χ1v) is 9.34. The lowest BCUT2D eigenvalue weighted by Gasteiger charge is -2.38. The van der Waals surface area contributed by atoms with Crippen LogP contribution in [0.4, 0.5) is 4.39 Å². The van der Waals surface area contributed by atoms with E-state index in [-0.39, 0.29) is 23.9 Å². The minimum absolute atomic E-state index is 0.212. The maximum absolute atomic E-state index is 13.2. The van der Waals surface area contributed by atoms with Gasteiger partial charge in [0.1, 0.15) is 5.82 Å². The highest BCUT2D eigenvalue weighted by molar-refractivity contribution is 5.91. The number of benzene rings is 2. The fourth-order valence-electron chi connectivity index (χ4n) is 3.65. The summed E-state index contributed by atoms with van der Waals surface area (Å²) in [6.07, 6.45) is 4.65. The van der Waals surface area contributed by atoms with Crippen molar-refractivity contribution in [3.63, 3.8) is 0 Å². The van der Waals surface area contributed by atoms with Gasteiger partial charge in [0.15, 0.2) is 11.5 Å². The number of amides is 1. The van der Waals surface area contributed by atoms with E-state index in [1.807, 2.05) is 18.2 Å². The first-order chi connectivity index (χ1) is 13.6. The highest BCUT2D eigenvalue weighted by atomic mass is 19.1. The normalized spacial score (nSPS) is 17.6. The summed E-state index contributed by atoms with van der Waals surface area (Å²) in [5, 5.41) is 3.00. The fourth-order valence-corrected chi connectivity index (χ4v) is 3.65. The van der Waals surface area contributed by atoms with Crippen molar-refractivity contribution in [2.24, 2.45) is 0 Å². The molecule has 0 radical (unpaired) electrons. The summed E-state index contributed by atoms with van der Waals surface area (Å²) in [5.74, 6) is 0.941. The van der Waals surface area contributed by atoms with Crippen molar-refractivity contribution in [3.8, 4) is 11.5 Å². The molecule has 0 atom stereocenters. The molecule has 2 heterocycles. The van der Waals surface area contributed by atoms with E-state index in [4.69, 9.17) is 14.2 Å². The number of carbonyl (C=O) groups excluding carboxylic acids is 1. The van der Waals surface area contributed by atoms with Crippen molar-refractivity contribution in [1.29, 1.82) is 0 Å². The van der Waals surface area contributed by atoms with Crippen molar-refractivity contribution in [3.05, 3.63) is 65.5 Å². The molecule has 0 spiro atoms. The van der Waals surface area contributed by atoms with E-state index in [1.165, 1.54) is 18.2 Å². The van der Waals surface area contributed by atoms with Gasteiger partial charge in [-0.25, -0.2) is 4.39 Å². The van der Waals surface area contributed by atoms with E-state index in [0.29, 0.717) is 25.3 Å². The van der Waals surface area contributed by atoms with Gasteiger partial charge in [-0.1, -0.05) is 18.2 Å². The van der Waals surface area contributed by atoms with Crippen LogP contribution in [0.5, 0.6) is 11.5 Å². The lowest BCUT2D eigenvalue weighted by atomic mass is 9.74. The molecule has 6 heteroatoms. The van der Waals surface area contributed by atoms with Crippen LogP contribution in [0.1, 0.15) is 24.0 Å². The lowest BCUT2D eigenvalue weighted by molar-refractivity contribution is -0.116. The first-order valence-electron chi connectivity index (χ1n) is 9.34. The number of hydrogen-bond donors (Lipinski definition) is 1. The Morgan fingerprint density at radius 3 is 2.75 bits per heavy atom. The zero-order valence-corrected chi connectivity index (χ0v) is 15.4. The molecule has 4 rings (SSSR count). The molecular weight excluding hydrogens is 361 g/mol. The molecule has 2 aliphatic heterocycles. The number of nitrogens with one attached hydrogen (secondary N) is 1. The van der Waals surface area contributed by atoms with Gasteiger partial charge in [-0.3, -0.25) is 4.79 Å². The molecule has 146 valence electrons. The first kappa shape index (κ1) is 18.5. The number of ether oxygens (including phenoxy) is 3. The smallest absolute Gasteiger partial charge is 0.244 e. The van der Waals surface area contributed by atoms with Crippen LogP contribution in [0.25, 0.3) is 6.08 Å². The van der Waals surface area contributed by atoms with Crippen molar-refractivity contribution >= 4 is 12.0 Å². The van der Waals surface area contributed by atoms with Gasteiger partial charge in [0, 0.05) is 31.2 Å². The number of hydrogen-bond acceptors (Lipinski definition) is 4. The van der Waals surface area contributed by atoms with E-state index in [1.54, 1.807) is 18.2 Å². The molecule has 0 unspecified atom stereocenters. The van der Waals surface area contributed by atoms with Gasteiger partial charge in [0.2, 0.25) is 12.7 Å². The summed E-state index contributed by atoms with van der Waals surface area (Å²) in [6, 6.07) is 12.1. The number of fused-ring (bicyclic) bond motifs is 1. The Bertz CT molecular complexity index is 890. The molecule has 0 saturated carbocycles.